The highest BCUT2D eigenvalue weighted by Crippen LogP contribution is 2.29. The summed E-state index contributed by atoms with van der Waals surface area (Å²) in [5.74, 6) is 0.583. The molecule has 0 aliphatic heterocycles. The number of aliphatic hydroxyl groups is 1. The number of nitrogens with zero attached hydrogens (tertiary/aromatic N) is 1. The van der Waals surface area contributed by atoms with Crippen molar-refractivity contribution in [1.29, 1.82) is 0 Å². The lowest BCUT2D eigenvalue weighted by molar-refractivity contribution is 0.178. The highest BCUT2D eigenvalue weighted by molar-refractivity contribution is 9.10. The smallest absolute Gasteiger partial charge is 0.212 e. The molecule has 1 N–H and O–H groups in total. The Kier molecular flexibility index (Phi) is 4.15. The second kappa shape index (κ2) is 5.62. The quantitative estimate of drug-likeness (QED) is 0.942. The molecule has 0 aliphatic carbocycles. The first-order chi connectivity index (χ1) is 8.20. The molecule has 0 spiro atoms. The predicted molar refractivity (Wildman–Crippen MR) is 71.5 cm³/mol. The Labute approximate surface area is 112 Å². The maximum absolute atomic E-state index is 10.1. The molecular weight excluding hydrogens is 302 g/mol. The van der Waals surface area contributed by atoms with E-state index in [0.29, 0.717) is 12.3 Å². The van der Waals surface area contributed by atoms with Gasteiger partial charge in [0.2, 0.25) is 5.88 Å². The zero-order chi connectivity index (χ0) is 12.3. The largest absolute Gasteiger partial charge is 0.481 e. The summed E-state index contributed by atoms with van der Waals surface area (Å²) in [7, 11) is 1.58. The number of pyridine rings is 1. The van der Waals surface area contributed by atoms with E-state index >= 15 is 0 Å². The lowest BCUT2D eigenvalue weighted by Gasteiger charge is -2.10. The van der Waals surface area contributed by atoms with Gasteiger partial charge in [0.1, 0.15) is 0 Å². The van der Waals surface area contributed by atoms with Gasteiger partial charge in [-0.05, 0) is 26.9 Å². The number of hydrogen-bond donors (Lipinski definition) is 1. The summed E-state index contributed by atoms with van der Waals surface area (Å²) in [5.41, 5.74) is 1.90. The summed E-state index contributed by atoms with van der Waals surface area (Å²) in [4.78, 5) is 4.11. The molecule has 0 saturated carbocycles. The first-order valence-electron chi connectivity index (χ1n) is 5.09. The van der Waals surface area contributed by atoms with E-state index < -0.39 is 6.10 Å². The minimum atomic E-state index is -0.509. The summed E-state index contributed by atoms with van der Waals surface area (Å²) < 4.78 is 5.94. The Balaban J connectivity index is 2.07. The normalized spacial score (nSPS) is 12.4. The molecule has 0 fully saturated rings. The number of ether oxygens (including phenoxy) is 1. The average Bonchev–Trinajstić information content (AvgIpc) is 2.76. The highest BCUT2D eigenvalue weighted by Gasteiger charge is 2.13. The Morgan fingerprint density at radius 3 is 2.82 bits per heavy atom. The minimum Gasteiger partial charge on any atom is -0.481 e. The molecule has 17 heavy (non-hydrogen) atoms. The Morgan fingerprint density at radius 2 is 2.29 bits per heavy atom. The molecule has 0 amide bonds. The summed E-state index contributed by atoms with van der Waals surface area (Å²) >= 11 is 4.99. The van der Waals surface area contributed by atoms with Gasteiger partial charge in [-0.15, -0.1) is 0 Å². The van der Waals surface area contributed by atoms with Gasteiger partial charge >= 0.3 is 0 Å². The fraction of sp³-hybridized carbons (Fsp3) is 0.250. The van der Waals surface area contributed by atoms with Crippen molar-refractivity contribution in [2.24, 2.45) is 0 Å². The van der Waals surface area contributed by atoms with Crippen molar-refractivity contribution in [3.8, 4) is 5.88 Å². The van der Waals surface area contributed by atoms with Gasteiger partial charge in [-0.2, -0.15) is 11.3 Å². The monoisotopic (exact) mass is 313 g/mol. The number of hydrogen-bond acceptors (Lipinski definition) is 4. The van der Waals surface area contributed by atoms with Crippen LogP contribution in [0.4, 0.5) is 0 Å². The van der Waals surface area contributed by atoms with Crippen molar-refractivity contribution < 1.29 is 9.84 Å². The predicted octanol–water partition coefficient (Wildman–Crippen LogP) is 3.19. The molecule has 1 atom stereocenters. The standard InChI is InChI=1S/C12H12BrNO2S/c1-16-12-3-2-8(5-14-12)4-11(15)9-6-17-7-10(9)13/h2-3,5-7,11,15H,4H2,1H3. The molecule has 0 aromatic carbocycles. The molecule has 3 nitrogen and oxygen atoms in total. The Bertz CT molecular complexity index is 484. The molecule has 2 heterocycles. The number of methoxy groups -OCH3 is 1. The molecule has 2 aromatic heterocycles. The Hall–Kier alpha value is -0.910. The molecule has 1 unspecified atom stereocenters. The zero-order valence-corrected chi connectivity index (χ0v) is 11.7. The van der Waals surface area contributed by atoms with Crippen LogP contribution in [0.25, 0.3) is 0 Å². The number of aliphatic hydroxyl groups excluding tert-OH is 1. The molecule has 90 valence electrons. The van der Waals surface area contributed by atoms with Gasteiger partial charge in [0.25, 0.3) is 0 Å². The van der Waals surface area contributed by atoms with Crippen molar-refractivity contribution in [2.75, 3.05) is 7.11 Å². The van der Waals surface area contributed by atoms with Crippen LogP contribution in [0.5, 0.6) is 5.88 Å². The van der Waals surface area contributed by atoms with E-state index in [1.807, 2.05) is 16.8 Å². The zero-order valence-electron chi connectivity index (χ0n) is 9.26. The van der Waals surface area contributed by atoms with Gasteiger partial charge in [0.05, 0.1) is 13.2 Å². The van der Waals surface area contributed by atoms with E-state index in [9.17, 15) is 5.11 Å². The van der Waals surface area contributed by atoms with Crippen LogP contribution in [-0.2, 0) is 6.42 Å². The van der Waals surface area contributed by atoms with Gasteiger partial charge in [-0.3, -0.25) is 0 Å². The second-order valence-corrected chi connectivity index (χ2v) is 5.20. The van der Waals surface area contributed by atoms with Crippen LogP contribution in [0.1, 0.15) is 17.2 Å². The summed E-state index contributed by atoms with van der Waals surface area (Å²) in [6.45, 7) is 0. The van der Waals surface area contributed by atoms with Crippen molar-refractivity contribution in [2.45, 2.75) is 12.5 Å². The first-order valence-corrected chi connectivity index (χ1v) is 6.83. The van der Waals surface area contributed by atoms with Crippen LogP contribution in [0.15, 0.2) is 33.6 Å². The maximum Gasteiger partial charge on any atom is 0.212 e. The SMILES string of the molecule is COc1ccc(CC(O)c2cscc2Br)cn1. The molecule has 5 heteroatoms. The van der Waals surface area contributed by atoms with Crippen LogP contribution >= 0.6 is 27.3 Å². The highest BCUT2D eigenvalue weighted by atomic mass is 79.9. The van der Waals surface area contributed by atoms with Gasteiger partial charge in [-0.1, -0.05) is 6.07 Å². The average molecular weight is 314 g/mol. The molecule has 0 bridgehead atoms. The maximum atomic E-state index is 10.1. The molecule has 0 aliphatic rings. The fourth-order valence-corrected chi connectivity index (χ4v) is 3.12. The van der Waals surface area contributed by atoms with Crippen molar-refractivity contribution in [3.05, 3.63) is 44.7 Å². The van der Waals surface area contributed by atoms with E-state index in [1.165, 1.54) is 0 Å². The van der Waals surface area contributed by atoms with E-state index in [4.69, 9.17) is 4.74 Å². The Morgan fingerprint density at radius 1 is 1.47 bits per heavy atom. The van der Waals surface area contributed by atoms with E-state index in [-0.39, 0.29) is 0 Å². The lowest BCUT2D eigenvalue weighted by Crippen LogP contribution is -2.01. The fourth-order valence-electron chi connectivity index (χ4n) is 1.51. The number of rotatable bonds is 4. The van der Waals surface area contributed by atoms with Crippen LogP contribution in [0, 0.1) is 0 Å². The molecule has 0 saturated heterocycles. The van der Waals surface area contributed by atoms with Crippen LogP contribution in [0.3, 0.4) is 0 Å². The van der Waals surface area contributed by atoms with Crippen molar-refractivity contribution in [1.82, 2.24) is 4.98 Å². The molecule has 2 aromatic rings. The van der Waals surface area contributed by atoms with Crippen LogP contribution < -0.4 is 4.74 Å². The first kappa shape index (κ1) is 12.5. The summed E-state index contributed by atoms with van der Waals surface area (Å²) in [6.07, 6.45) is 1.76. The van der Waals surface area contributed by atoms with Gasteiger partial charge < -0.3 is 9.84 Å². The number of thiophene rings is 1. The summed E-state index contributed by atoms with van der Waals surface area (Å²) in [5, 5.41) is 14.0. The van der Waals surface area contributed by atoms with Crippen LogP contribution in [0.2, 0.25) is 0 Å². The van der Waals surface area contributed by atoms with Crippen molar-refractivity contribution in [3.63, 3.8) is 0 Å². The van der Waals surface area contributed by atoms with E-state index in [1.54, 1.807) is 30.7 Å². The summed E-state index contributed by atoms with van der Waals surface area (Å²) in [6, 6.07) is 3.71. The molecule has 2 rings (SSSR count). The van der Waals surface area contributed by atoms with Gasteiger partial charge in [0, 0.05) is 34.1 Å². The van der Waals surface area contributed by atoms with Crippen molar-refractivity contribution >= 4 is 27.3 Å². The number of halogens is 1. The third-order valence-electron chi connectivity index (χ3n) is 2.44. The lowest BCUT2D eigenvalue weighted by atomic mass is 10.1. The molecule has 0 radical (unpaired) electrons. The third kappa shape index (κ3) is 3.06. The second-order valence-electron chi connectivity index (χ2n) is 3.60. The molecular formula is C12H12BrNO2S. The van der Waals surface area contributed by atoms with E-state index in [0.717, 1.165) is 15.6 Å². The topological polar surface area (TPSA) is 42.4 Å². The van der Waals surface area contributed by atoms with Crippen LogP contribution in [-0.4, -0.2) is 17.2 Å². The number of aromatic nitrogens is 1. The van der Waals surface area contributed by atoms with Gasteiger partial charge in [0.15, 0.2) is 0 Å². The van der Waals surface area contributed by atoms with E-state index in [2.05, 4.69) is 20.9 Å². The van der Waals surface area contributed by atoms with Gasteiger partial charge in [-0.25, -0.2) is 4.98 Å². The third-order valence-corrected chi connectivity index (χ3v) is 4.19. The minimum absolute atomic E-state index is 0.509.